The van der Waals surface area contributed by atoms with Crippen LogP contribution in [0.4, 0.5) is 0 Å². The molecule has 0 N–H and O–H groups in total. The van der Waals surface area contributed by atoms with Crippen molar-refractivity contribution < 1.29 is 32.3 Å². The van der Waals surface area contributed by atoms with Gasteiger partial charge in [0, 0.05) is 23.8 Å². The van der Waals surface area contributed by atoms with Crippen molar-refractivity contribution in [3.63, 3.8) is 0 Å². The fourth-order valence-corrected chi connectivity index (χ4v) is 4.13. The smallest absolute Gasteiger partial charge is 0.349 e. The van der Waals surface area contributed by atoms with Crippen molar-refractivity contribution in [2.45, 2.75) is 13.8 Å². The van der Waals surface area contributed by atoms with Gasteiger partial charge >= 0.3 is 17.6 Å². The molecule has 0 atom stereocenters. The van der Waals surface area contributed by atoms with Gasteiger partial charge in [-0.1, -0.05) is 12.1 Å². The van der Waals surface area contributed by atoms with Gasteiger partial charge < -0.3 is 22.7 Å². The molecule has 182 valence electrons. The Hall–Kier alpha value is -5.18. The lowest BCUT2D eigenvalue weighted by Gasteiger charge is -2.06. The van der Waals surface area contributed by atoms with E-state index < -0.39 is 17.6 Å². The first-order valence-corrected chi connectivity index (χ1v) is 11.2. The number of nitrogens with zero attached hydrogens (tertiary/aromatic N) is 1. The third kappa shape index (κ3) is 4.02. The van der Waals surface area contributed by atoms with E-state index in [1.54, 1.807) is 49.4 Å². The Labute approximate surface area is 207 Å². The Morgan fingerprint density at radius 2 is 1.59 bits per heavy atom. The number of rotatable bonds is 4. The quantitative estimate of drug-likeness (QED) is 0.170. The van der Waals surface area contributed by atoms with E-state index in [0.717, 1.165) is 0 Å². The zero-order valence-corrected chi connectivity index (χ0v) is 19.6. The molecule has 3 aromatic heterocycles. The summed E-state index contributed by atoms with van der Waals surface area (Å²) < 4.78 is 27.5. The monoisotopic (exact) mass is 495 g/mol. The van der Waals surface area contributed by atoms with E-state index >= 15 is 0 Å². The van der Waals surface area contributed by atoms with Gasteiger partial charge in [-0.15, -0.1) is 0 Å². The molecule has 0 saturated carbocycles. The van der Waals surface area contributed by atoms with Crippen molar-refractivity contribution in [3.05, 3.63) is 88.5 Å². The van der Waals surface area contributed by atoms with Crippen LogP contribution in [-0.4, -0.2) is 16.9 Å². The predicted molar refractivity (Wildman–Crippen MR) is 133 cm³/mol. The number of esters is 2. The number of carbonyl (C=O) groups is 2. The number of aryl methyl sites for hydroxylation is 1. The normalized spacial score (nSPS) is 11.3. The van der Waals surface area contributed by atoms with Gasteiger partial charge in [-0.25, -0.2) is 14.6 Å². The van der Waals surface area contributed by atoms with E-state index in [4.69, 9.17) is 22.7 Å². The van der Waals surface area contributed by atoms with Crippen LogP contribution in [0.2, 0.25) is 0 Å². The lowest BCUT2D eigenvalue weighted by molar-refractivity contribution is -0.131. The van der Waals surface area contributed by atoms with Crippen LogP contribution < -0.4 is 15.1 Å². The van der Waals surface area contributed by atoms with Crippen molar-refractivity contribution in [2.75, 3.05) is 0 Å². The summed E-state index contributed by atoms with van der Waals surface area (Å²) in [5.74, 6) is -0.225. The van der Waals surface area contributed by atoms with Crippen molar-refractivity contribution in [1.82, 2.24) is 4.98 Å². The molecule has 9 nitrogen and oxygen atoms in total. The number of carbonyl (C=O) groups excluding carboxylic acids is 2. The number of para-hydroxylation sites is 2. The largest absolute Gasteiger partial charge is 0.460 e. The maximum Gasteiger partial charge on any atom is 0.349 e. The zero-order valence-electron chi connectivity index (χ0n) is 19.6. The highest BCUT2D eigenvalue weighted by molar-refractivity contribution is 6.06. The molecule has 0 aliphatic carbocycles. The van der Waals surface area contributed by atoms with Crippen LogP contribution in [0.5, 0.6) is 11.5 Å². The lowest BCUT2D eigenvalue weighted by atomic mass is 10.1. The summed E-state index contributed by atoms with van der Waals surface area (Å²) in [6, 6.07) is 18.2. The third-order valence-corrected chi connectivity index (χ3v) is 5.74. The van der Waals surface area contributed by atoms with Gasteiger partial charge in [-0.3, -0.25) is 4.79 Å². The number of hydrogen-bond acceptors (Lipinski definition) is 9. The molecule has 0 fully saturated rings. The van der Waals surface area contributed by atoms with Crippen LogP contribution in [0.15, 0.2) is 84.8 Å². The van der Waals surface area contributed by atoms with Gasteiger partial charge in [0.2, 0.25) is 5.89 Å². The van der Waals surface area contributed by atoms with Gasteiger partial charge in [0.15, 0.2) is 5.58 Å². The van der Waals surface area contributed by atoms with Crippen molar-refractivity contribution in [1.29, 1.82) is 0 Å². The molecule has 0 amide bonds. The maximum absolute atomic E-state index is 13.1. The molecule has 0 spiro atoms. The minimum atomic E-state index is -0.680. The Morgan fingerprint density at radius 3 is 2.41 bits per heavy atom. The van der Waals surface area contributed by atoms with Crippen LogP contribution in [0.25, 0.3) is 44.5 Å². The minimum absolute atomic E-state index is 0.155. The standard InChI is InChI=1S/C28H17NO8/c1-14-25(19-12-17(34-15(2)30)9-10-22(19)33-14)28(32)35-18-8-7-16-11-20(27(31)37-24(16)13-18)26-29-21-5-3-4-6-23(21)36-26/h3-13H,1-2H3. The molecule has 3 heterocycles. The Kier molecular flexibility index (Phi) is 5.11. The fraction of sp³-hybridized carbons (Fsp3) is 0.0714. The zero-order chi connectivity index (χ0) is 25.7. The summed E-state index contributed by atoms with van der Waals surface area (Å²) in [7, 11) is 0. The highest BCUT2D eigenvalue weighted by atomic mass is 16.5. The number of aromatic nitrogens is 1. The maximum atomic E-state index is 13.1. The van der Waals surface area contributed by atoms with E-state index in [1.807, 2.05) is 12.1 Å². The molecule has 0 bridgehead atoms. The number of benzene rings is 3. The number of hydrogen-bond donors (Lipinski definition) is 0. The summed E-state index contributed by atoms with van der Waals surface area (Å²) in [6.07, 6.45) is 0. The van der Waals surface area contributed by atoms with Crippen LogP contribution >= 0.6 is 0 Å². The SMILES string of the molecule is CC(=O)Oc1ccc2oc(C)c(C(=O)Oc3ccc4cc(-c5nc6ccccc6o5)c(=O)oc4c3)c2c1. The molecule has 0 saturated heterocycles. The average Bonchev–Trinajstić information content (AvgIpc) is 3.43. The first-order valence-electron chi connectivity index (χ1n) is 11.2. The van der Waals surface area contributed by atoms with E-state index in [-0.39, 0.29) is 34.1 Å². The number of fused-ring (bicyclic) bond motifs is 3. The van der Waals surface area contributed by atoms with Crippen molar-refractivity contribution in [2.24, 2.45) is 0 Å². The van der Waals surface area contributed by atoms with Crippen LogP contribution in [0.3, 0.4) is 0 Å². The molecular formula is C28H17NO8. The summed E-state index contributed by atoms with van der Waals surface area (Å²) in [5, 5.41) is 1.03. The van der Waals surface area contributed by atoms with Gasteiger partial charge in [-0.05, 0) is 55.5 Å². The average molecular weight is 495 g/mol. The second-order valence-electron chi connectivity index (χ2n) is 8.31. The molecule has 0 unspecified atom stereocenters. The highest BCUT2D eigenvalue weighted by Crippen LogP contribution is 2.31. The lowest BCUT2D eigenvalue weighted by Crippen LogP contribution is -2.09. The minimum Gasteiger partial charge on any atom is -0.460 e. The first-order chi connectivity index (χ1) is 17.9. The van der Waals surface area contributed by atoms with Crippen LogP contribution in [0.1, 0.15) is 23.0 Å². The Bertz CT molecular complexity index is 1890. The number of oxazole rings is 1. The van der Waals surface area contributed by atoms with E-state index in [0.29, 0.717) is 33.2 Å². The molecule has 0 aliphatic rings. The Balaban J connectivity index is 1.33. The molecule has 6 aromatic rings. The molecular weight excluding hydrogens is 478 g/mol. The van der Waals surface area contributed by atoms with E-state index in [9.17, 15) is 14.4 Å². The predicted octanol–water partition coefficient (Wildman–Crippen LogP) is 5.80. The molecule has 9 heteroatoms. The number of ether oxygens (including phenoxy) is 2. The second-order valence-corrected chi connectivity index (χ2v) is 8.31. The molecule has 3 aromatic carbocycles. The first kappa shape index (κ1) is 22.3. The van der Waals surface area contributed by atoms with Crippen molar-refractivity contribution >= 4 is 45.0 Å². The van der Waals surface area contributed by atoms with Crippen LogP contribution in [0, 0.1) is 6.92 Å². The topological polar surface area (TPSA) is 122 Å². The summed E-state index contributed by atoms with van der Waals surface area (Å²) >= 11 is 0. The number of furan rings is 1. The van der Waals surface area contributed by atoms with E-state index in [2.05, 4.69) is 4.98 Å². The summed E-state index contributed by atoms with van der Waals surface area (Å²) in [5.41, 5.74) is 1.58. The molecule has 6 rings (SSSR count). The third-order valence-electron chi connectivity index (χ3n) is 5.74. The Morgan fingerprint density at radius 1 is 0.811 bits per heavy atom. The van der Waals surface area contributed by atoms with Crippen molar-refractivity contribution in [3.8, 4) is 23.0 Å². The van der Waals surface area contributed by atoms with Gasteiger partial charge in [-0.2, -0.15) is 0 Å². The van der Waals surface area contributed by atoms with E-state index in [1.165, 1.54) is 19.1 Å². The second kappa shape index (κ2) is 8.49. The molecule has 37 heavy (non-hydrogen) atoms. The fourth-order valence-electron chi connectivity index (χ4n) is 4.13. The summed E-state index contributed by atoms with van der Waals surface area (Å²) in [4.78, 5) is 41.4. The highest BCUT2D eigenvalue weighted by Gasteiger charge is 2.22. The molecule has 0 radical (unpaired) electrons. The molecule has 0 aliphatic heterocycles. The van der Waals surface area contributed by atoms with Gasteiger partial charge in [0.1, 0.15) is 45.1 Å². The van der Waals surface area contributed by atoms with Crippen LogP contribution in [-0.2, 0) is 4.79 Å². The van der Waals surface area contributed by atoms with Gasteiger partial charge in [0.05, 0.1) is 0 Å². The van der Waals surface area contributed by atoms with Gasteiger partial charge in [0.25, 0.3) is 0 Å². The summed E-state index contributed by atoms with van der Waals surface area (Å²) in [6.45, 7) is 2.92.